The van der Waals surface area contributed by atoms with Crippen molar-refractivity contribution in [2.24, 2.45) is 5.16 Å². The zero-order valence-corrected chi connectivity index (χ0v) is 26.2. The number of likely N-dealkylation sites (N-methyl/N-ethyl adjacent to an activating group) is 1. The van der Waals surface area contributed by atoms with Gasteiger partial charge in [-0.2, -0.15) is 9.36 Å². The molecule has 0 aliphatic carbocycles. The number of amides is 2. The van der Waals surface area contributed by atoms with Crippen molar-refractivity contribution in [2.45, 2.75) is 37.4 Å². The van der Waals surface area contributed by atoms with Crippen molar-refractivity contribution in [1.82, 2.24) is 24.6 Å². The van der Waals surface area contributed by atoms with Gasteiger partial charge in [-0.05, 0) is 13.8 Å². The first-order valence-corrected chi connectivity index (χ1v) is 14.3. The number of carbonyl (C=O) groups is 4. The SMILES string of the molecule is CC(C)(O/N=C(\C(=O)N[C@@H]1C(=O)N2C(C(=O)[O-])=C(C[N+](C)(C)Cc3cc(=O)c(O)c[nH]3)CS[C@H]12)c1nsc(N)n1)C(=O)O.Cl. The van der Waals surface area contributed by atoms with Crippen LogP contribution in [0.5, 0.6) is 5.75 Å². The fraction of sp³-hybridized carbons (Fsp3) is 0.417. The van der Waals surface area contributed by atoms with E-state index in [0.29, 0.717) is 11.3 Å². The van der Waals surface area contributed by atoms with E-state index in [1.165, 1.54) is 37.9 Å². The largest absolute Gasteiger partial charge is 0.543 e. The van der Waals surface area contributed by atoms with Gasteiger partial charge < -0.3 is 45.5 Å². The van der Waals surface area contributed by atoms with Crippen molar-refractivity contribution in [2.75, 3.05) is 32.1 Å². The molecular formula is C24H29ClN8O9S2. The summed E-state index contributed by atoms with van der Waals surface area (Å²) in [7, 11) is 3.60. The number of aliphatic carboxylic acids is 2. The van der Waals surface area contributed by atoms with Gasteiger partial charge in [-0.1, -0.05) is 5.16 Å². The van der Waals surface area contributed by atoms with Gasteiger partial charge in [-0.3, -0.25) is 19.3 Å². The number of nitrogens with two attached hydrogens (primary N) is 1. The molecule has 0 spiro atoms. The molecule has 6 N–H and O–H groups in total. The molecule has 20 heteroatoms. The number of β-lactam (4-membered cyclic amide) rings is 1. The van der Waals surface area contributed by atoms with Crippen molar-refractivity contribution >= 4 is 70.3 Å². The van der Waals surface area contributed by atoms with E-state index in [1.807, 2.05) is 0 Å². The Morgan fingerprint density at radius 3 is 2.57 bits per heavy atom. The van der Waals surface area contributed by atoms with Crippen molar-refractivity contribution in [3.8, 4) is 5.75 Å². The maximum Gasteiger partial charge on any atom is 0.350 e. The minimum Gasteiger partial charge on any atom is -0.543 e. The second-order valence-electron chi connectivity index (χ2n) is 10.9. The van der Waals surface area contributed by atoms with E-state index in [0.717, 1.165) is 16.4 Å². The lowest BCUT2D eigenvalue weighted by Crippen LogP contribution is -2.71. The van der Waals surface area contributed by atoms with Gasteiger partial charge in [0.25, 0.3) is 11.8 Å². The first-order valence-electron chi connectivity index (χ1n) is 12.5. The third kappa shape index (κ3) is 7.12. The van der Waals surface area contributed by atoms with Crippen LogP contribution in [0.1, 0.15) is 25.4 Å². The molecule has 2 aliphatic rings. The van der Waals surface area contributed by atoms with Crippen LogP contribution in [0.3, 0.4) is 0 Å². The van der Waals surface area contributed by atoms with Gasteiger partial charge in [0.15, 0.2) is 10.9 Å². The Kier molecular flexibility index (Phi) is 9.98. The standard InChI is InChI=1S/C24H28N8O9S2.ClH/c1-24(2,22(39)40)41-29-14(17-28-23(25)43-30-17)18(35)27-15-19(36)31-16(21(37)38)10(9-42-20(15)31)7-32(3,4)8-11-5-12(33)13(34)6-26-11;/h5-6,15,20H,7-9H2,1-4H3,(H6-,25,26,27,28,29,30,33,34,35,37,38,39,40);1H/t15-,20-;/m1./s1. The number of oxime groups is 1. The molecule has 238 valence electrons. The van der Waals surface area contributed by atoms with Crippen LogP contribution in [-0.2, 0) is 30.6 Å². The first kappa shape index (κ1) is 34.3. The molecule has 4 rings (SSSR count). The van der Waals surface area contributed by atoms with Crippen LogP contribution in [0.4, 0.5) is 5.13 Å². The van der Waals surface area contributed by atoms with Crippen molar-refractivity contribution < 1.29 is 43.8 Å². The van der Waals surface area contributed by atoms with E-state index in [4.69, 9.17) is 10.6 Å². The normalized spacial score (nSPS) is 18.6. The molecule has 4 heterocycles. The number of thioether (sulfide) groups is 1. The van der Waals surface area contributed by atoms with E-state index in [1.54, 1.807) is 14.1 Å². The number of pyridine rings is 1. The Bertz CT molecular complexity index is 1620. The quantitative estimate of drug-likeness (QED) is 0.0765. The minimum absolute atomic E-state index is 0. The minimum atomic E-state index is -1.82. The number of carboxylic acids is 2. The van der Waals surface area contributed by atoms with Crippen molar-refractivity contribution in [3.05, 3.63) is 45.3 Å². The van der Waals surface area contributed by atoms with Crippen LogP contribution < -0.4 is 21.6 Å². The number of hydrogen-bond donors (Lipinski definition) is 5. The second-order valence-corrected chi connectivity index (χ2v) is 12.8. The van der Waals surface area contributed by atoms with Crippen LogP contribution in [0.25, 0.3) is 0 Å². The van der Waals surface area contributed by atoms with E-state index < -0.39 is 57.7 Å². The molecule has 0 bridgehead atoms. The number of nitrogens with one attached hydrogen (secondary N) is 2. The molecule has 0 radical (unpaired) electrons. The second kappa shape index (κ2) is 12.8. The number of anilines is 1. The molecule has 0 aromatic carbocycles. The number of rotatable bonds is 11. The lowest BCUT2D eigenvalue weighted by atomic mass is 10.0. The summed E-state index contributed by atoms with van der Waals surface area (Å²) in [4.78, 5) is 74.7. The number of fused-ring (bicyclic) bond motifs is 1. The van der Waals surface area contributed by atoms with Crippen LogP contribution in [0.15, 0.2) is 33.5 Å². The number of aromatic amines is 1. The van der Waals surface area contributed by atoms with Gasteiger partial charge >= 0.3 is 5.97 Å². The van der Waals surface area contributed by atoms with E-state index in [-0.39, 0.29) is 52.4 Å². The van der Waals surface area contributed by atoms with Gasteiger partial charge in [-0.15, -0.1) is 24.2 Å². The Morgan fingerprint density at radius 1 is 1.32 bits per heavy atom. The number of aromatic nitrogens is 3. The average molecular weight is 673 g/mol. The highest BCUT2D eigenvalue weighted by atomic mass is 35.5. The summed E-state index contributed by atoms with van der Waals surface area (Å²) in [6.07, 6.45) is 1.17. The number of hydrogen-bond acceptors (Lipinski definition) is 14. The zero-order valence-electron chi connectivity index (χ0n) is 23.7. The summed E-state index contributed by atoms with van der Waals surface area (Å²) < 4.78 is 4.10. The number of quaternary nitrogens is 1. The summed E-state index contributed by atoms with van der Waals surface area (Å²) in [5, 5.41) is 36.4. The molecule has 0 saturated carbocycles. The third-order valence-corrected chi connectivity index (χ3v) is 8.33. The van der Waals surface area contributed by atoms with Gasteiger partial charge in [0.1, 0.15) is 24.5 Å². The van der Waals surface area contributed by atoms with Gasteiger partial charge in [0.05, 0.1) is 31.5 Å². The van der Waals surface area contributed by atoms with Gasteiger partial charge in [0.2, 0.25) is 22.6 Å². The maximum absolute atomic E-state index is 13.2. The maximum atomic E-state index is 13.2. The fourth-order valence-corrected chi connectivity index (χ4v) is 6.12. The number of nitrogen functional groups attached to an aromatic ring is 1. The summed E-state index contributed by atoms with van der Waals surface area (Å²) in [6, 6.07) is 0.0915. The van der Waals surface area contributed by atoms with Crippen LogP contribution in [0.2, 0.25) is 0 Å². The zero-order chi connectivity index (χ0) is 31.9. The number of aromatic hydroxyl groups is 1. The number of H-pyrrole nitrogens is 1. The summed E-state index contributed by atoms with van der Waals surface area (Å²) >= 11 is 1.98. The molecular weight excluding hydrogens is 644 g/mol. The first-order chi connectivity index (χ1) is 20.0. The predicted molar refractivity (Wildman–Crippen MR) is 157 cm³/mol. The Morgan fingerprint density at radius 2 is 2.00 bits per heavy atom. The van der Waals surface area contributed by atoms with Crippen LogP contribution >= 0.6 is 35.7 Å². The van der Waals surface area contributed by atoms with Crippen molar-refractivity contribution in [1.29, 1.82) is 0 Å². The average Bonchev–Trinajstić information content (AvgIpc) is 3.34. The molecule has 2 atom stereocenters. The van der Waals surface area contributed by atoms with Gasteiger partial charge in [-0.25, -0.2) is 4.79 Å². The molecule has 2 aliphatic heterocycles. The van der Waals surface area contributed by atoms with E-state index in [2.05, 4.69) is 24.8 Å². The molecule has 17 nitrogen and oxygen atoms in total. The number of halogens is 1. The number of carboxylic acid groups (broad SMARTS) is 2. The predicted octanol–water partition coefficient (Wildman–Crippen LogP) is -1.80. The molecule has 2 aromatic rings. The van der Waals surface area contributed by atoms with E-state index in [9.17, 15) is 39.3 Å². The monoisotopic (exact) mass is 672 g/mol. The molecule has 2 amide bonds. The highest BCUT2D eigenvalue weighted by molar-refractivity contribution is 8.00. The van der Waals surface area contributed by atoms with Gasteiger partial charge in [0, 0.05) is 35.1 Å². The number of carbonyl (C=O) groups excluding carboxylic acids is 3. The van der Waals surface area contributed by atoms with Crippen LogP contribution in [0, 0.1) is 0 Å². The molecule has 2 aromatic heterocycles. The Balaban J connectivity index is 0.00000529. The summed E-state index contributed by atoms with van der Waals surface area (Å²) in [5.74, 6) is -5.10. The highest BCUT2D eigenvalue weighted by Crippen LogP contribution is 2.40. The lowest BCUT2D eigenvalue weighted by molar-refractivity contribution is -0.899. The molecule has 1 saturated heterocycles. The highest BCUT2D eigenvalue weighted by Gasteiger charge is 2.53. The smallest absolute Gasteiger partial charge is 0.350 e. The molecule has 0 unspecified atom stereocenters. The van der Waals surface area contributed by atoms with E-state index >= 15 is 0 Å². The van der Waals surface area contributed by atoms with Crippen molar-refractivity contribution in [3.63, 3.8) is 0 Å². The van der Waals surface area contributed by atoms with Crippen LogP contribution in [-0.4, -0.2) is 107 Å². The third-order valence-electron chi connectivity index (χ3n) is 6.45. The Hall–Kier alpha value is -4.20. The molecule has 44 heavy (non-hydrogen) atoms. The molecule has 1 fully saturated rings. The summed E-state index contributed by atoms with van der Waals surface area (Å²) in [6.45, 7) is 2.87. The topological polar surface area (TPSA) is 253 Å². The summed E-state index contributed by atoms with van der Waals surface area (Å²) in [5.41, 5.74) is 3.33. The Labute approximate surface area is 263 Å². The fourth-order valence-electron chi connectivity index (χ4n) is 4.35. The number of nitrogens with zero attached hydrogens (tertiary/aromatic N) is 5. The lowest BCUT2D eigenvalue weighted by Gasteiger charge is -2.51.